The van der Waals surface area contributed by atoms with Crippen molar-refractivity contribution in [3.05, 3.63) is 99.6 Å². The molecule has 198 valence electrons. The number of aliphatic hydroxyl groups is 1. The highest BCUT2D eigenvalue weighted by atomic mass is 35.5. The van der Waals surface area contributed by atoms with Gasteiger partial charge < -0.3 is 19.5 Å². The van der Waals surface area contributed by atoms with Crippen LogP contribution in [0.1, 0.15) is 56.0 Å². The number of rotatable bonds is 7. The van der Waals surface area contributed by atoms with Gasteiger partial charge in [0, 0.05) is 12.1 Å². The molecule has 6 nitrogen and oxygen atoms in total. The zero-order chi connectivity index (χ0) is 27.6. The smallest absolute Gasteiger partial charge is 0.295 e. The Labute approximate surface area is 228 Å². The second-order valence-corrected chi connectivity index (χ2v) is 10.6. The van der Waals surface area contributed by atoms with Crippen molar-refractivity contribution in [3.8, 4) is 11.5 Å². The van der Waals surface area contributed by atoms with Gasteiger partial charge in [-0.3, -0.25) is 9.59 Å². The number of ketones is 1. The normalized spacial score (nSPS) is 17.1. The third-order valence-electron chi connectivity index (χ3n) is 6.62. The van der Waals surface area contributed by atoms with Gasteiger partial charge in [0.15, 0.2) is 0 Å². The lowest BCUT2D eigenvalue weighted by Gasteiger charge is -2.27. The Balaban J connectivity index is 1.86. The summed E-state index contributed by atoms with van der Waals surface area (Å²) in [5.74, 6) is -0.676. The number of likely N-dealkylation sites (tertiary alicyclic amines) is 1. The van der Waals surface area contributed by atoms with Gasteiger partial charge in [-0.05, 0) is 59.4 Å². The topological polar surface area (TPSA) is 76.1 Å². The first kappa shape index (κ1) is 27.3. The molecule has 1 fully saturated rings. The van der Waals surface area contributed by atoms with Crippen LogP contribution in [0.25, 0.3) is 5.76 Å². The van der Waals surface area contributed by atoms with E-state index in [1.54, 1.807) is 25.3 Å². The van der Waals surface area contributed by atoms with Crippen molar-refractivity contribution < 1.29 is 24.2 Å². The molecule has 0 aliphatic carbocycles. The van der Waals surface area contributed by atoms with Gasteiger partial charge in [0.2, 0.25) is 0 Å². The van der Waals surface area contributed by atoms with Crippen molar-refractivity contribution in [1.29, 1.82) is 0 Å². The maximum absolute atomic E-state index is 13.4. The number of aliphatic hydroxyl groups excluding tert-OH is 1. The first-order valence-electron chi connectivity index (χ1n) is 12.5. The molecule has 0 spiro atoms. The highest BCUT2D eigenvalue weighted by molar-refractivity contribution is 6.46. The molecule has 0 radical (unpaired) electrons. The molecule has 1 aliphatic heterocycles. The standard InChI is InChI=1S/C31H32ClNO5/c1-6-38-25-17-21(12-15-24(25)32)28(34)26-27(20-10-13-22(14-11-20)31(2,3)4)33(30(36)29(26)35)18-19-8-7-9-23(16-19)37-5/h7-17,27,34H,6,18H2,1-5H3/b28-26-. The van der Waals surface area contributed by atoms with Gasteiger partial charge in [-0.1, -0.05) is 68.8 Å². The Morgan fingerprint density at radius 2 is 1.74 bits per heavy atom. The summed E-state index contributed by atoms with van der Waals surface area (Å²) in [6.45, 7) is 8.73. The van der Waals surface area contributed by atoms with E-state index in [-0.39, 0.29) is 23.3 Å². The first-order chi connectivity index (χ1) is 18.0. The fourth-order valence-electron chi connectivity index (χ4n) is 4.59. The highest BCUT2D eigenvalue weighted by Crippen LogP contribution is 2.42. The number of nitrogens with zero attached hydrogens (tertiary/aromatic N) is 1. The van der Waals surface area contributed by atoms with E-state index in [1.807, 2.05) is 55.5 Å². The lowest BCUT2D eigenvalue weighted by molar-refractivity contribution is -0.140. The maximum atomic E-state index is 13.4. The molecule has 1 saturated heterocycles. The van der Waals surface area contributed by atoms with Crippen molar-refractivity contribution >= 4 is 29.1 Å². The third kappa shape index (κ3) is 5.41. The monoisotopic (exact) mass is 533 g/mol. The molecule has 1 amide bonds. The lowest BCUT2D eigenvalue weighted by atomic mass is 9.85. The minimum atomic E-state index is -0.790. The van der Waals surface area contributed by atoms with Crippen LogP contribution in [0.3, 0.4) is 0 Å². The van der Waals surface area contributed by atoms with Gasteiger partial charge in [0.25, 0.3) is 11.7 Å². The Morgan fingerprint density at radius 1 is 1.03 bits per heavy atom. The SMILES string of the molecule is CCOc1cc(/C(O)=C2/C(=O)C(=O)N(Cc3cccc(OC)c3)C2c2ccc(C(C)(C)C)cc2)ccc1Cl. The van der Waals surface area contributed by atoms with Crippen molar-refractivity contribution in [2.24, 2.45) is 0 Å². The minimum absolute atomic E-state index is 0.0196. The number of carbonyl (C=O) groups is 2. The molecule has 0 aromatic heterocycles. The first-order valence-corrected chi connectivity index (χ1v) is 12.9. The summed E-state index contributed by atoms with van der Waals surface area (Å²) < 4.78 is 10.9. The zero-order valence-electron chi connectivity index (χ0n) is 22.2. The van der Waals surface area contributed by atoms with Crippen LogP contribution in [0.5, 0.6) is 11.5 Å². The second kappa shape index (κ2) is 10.9. The number of amides is 1. The van der Waals surface area contributed by atoms with Crippen LogP contribution >= 0.6 is 11.6 Å². The summed E-state index contributed by atoms with van der Waals surface area (Å²) in [6, 6.07) is 19.2. The average Bonchev–Trinajstić information content (AvgIpc) is 3.14. The van der Waals surface area contributed by atoms with E-state index < -0.39 is 17.7 Å². The van der Waals surface area contributed by atoms with Gasteiger partial charge in [-0.25, -0.2) is 0 Å². The van der Waals surface area contributed by atoms with Gasteiger partial charge in [0.05, 0.1) is 30.4 Å². The Bertz CT molecular complexity index is 1390. The van der Waals surface area contributed by atoms with E-state index in [0.717, 1.165) is 16.7 Å². The molecular formula is C31H32ClNO5. The fourth-order valence-corrected chi connectivity index (χ4v) is 4.77. The van der Waals surface area contributed by atoms with E-state index in [2.05, 4.69) is 20.8 Å². The van der Waals surface area contributed by atoms with Crippen LogP contribution in [0.15, 0.2) is 72.3 Å². The highest BCUT2D eigenvalue weighted by Gasteiger charge is 2.46. The summed E-state index contributed by atoms with van der Waals surface area (Å²) in [6.07, 6.45) is 0. The van der Waals surface area contributed by atoms with E-state index in [9.17, 15) is 14.7 Å². The molecule has 1 unspecified atom stereocenters. The predicted octanol–water partition coefficient (Wildman–Crippen LogP) is 6.67. The van der Waals surface area contributed by atoms with Gasteiger partial charge >= 0.3 is 0 Å². The van der Waals surface area contributed by atoms with Crippen molar-refractivity contribution in [2.75, 3.05) is 13.7 Å². The van der Waals surface area contributed by atoms with Crippen LogP contribution in [-0.2, 0) is 21.5 Å². The van der Waals surface area contributed by atoms with Crippen molar-refractivity contribution in [2.45, 2.75) is 45.7 Å². The molecule has 0 saturated carbocycles. The second-order valence-electron chi connectivity index (χ2n) is 10.2. The molecule has 3 aromatic carbocycles. The van der Waals surface area contributed by atoms with E-state index in [0.29, 0.717) is 28.7 Å². The lowest BCUT2D eigenvalue weighted by Crippen LogP contribution is -2.29. The van der Waals surface area contributed by atoms with Gasteiger partial charge in [0.1, 0.15) is 17.3 Å². The predicted molar refractivity (Wildman–Crippen MR) is 149 cm³/mol. The van der Waals surface area contributed by atoms with Crippen molar-refractivity contribution in [1.82, 2.24) is 4.90 Å². The van der Waals surface area contributed by atoms with Crippen LogP contribution in [0, 0.1) is 0 Å². The fraction of sp³-hybridized carbons (Fsp3) is 0.290. The largest absolute Gasteiger partial charge is 0.507 e. The summed E-state index contributed by atoms with van der Waals surface area (Å²) in [5.41, 5.74) is 2.93. The van der Waals surface area contributed by atoms with Crippen LogP contribution in [-0.4, -0.2) is 35.4 Å². The number of benzene rings is 3. The number of hydrogen-bond donors (Lipinski definition) is 1. The molecule has 0 bridgehead atoms. The minimum Gasteiger partial charge on any atom is -0.507 e. The summed E-state index contributed by atoms with van der Waals surface area (Å²) in [4.78, 5) is 28.3. The van der Waals surface area contributed by atoms with Crippen LogP contribution < -0.4 is 9.47 Å². The molecule has 38 heavy (non-hydrogen) atoms. The number of carbonyl (C=O) groups excluding carboxylic acids is 2. The molecule has 3 aromatic rings. The zero-order valence-corrected chi connectivity index (χ0v) is 23.0. The molecular weight excluding hydrogens is 502 g/mol. The Hall–Kier alpha value is -3.77. The molecule has 1 aliphatic rings. The number of halogens is 1. The van der Waals surface area contributed by atoms with E-state index in [4.69, 9.17) is 21.1 Å². The number of methoxy groups -OCH3 is 1. The van der Waals surface area contributed by atoms with Crippen LogP contribution in [0.4, 0.5) is 0 Å². The molecule has 1 heterocycles. The molecule has 7 heteroatoms. The maximum Gasteiger partial charge on any atom is 0.295 e. The van der Waals surface area contributed by atoms with Gasteiger partial charge in [-0.15, -0.1) is 0 Å². The molecule has 1 atom stereocenters. The average molecular weight is 534 g/mol. The number of ether oxygens (including phenoxy) is 2. The number of hydrogen-bond acceptors (Lipinski definition) is 5. The Morgan fingerprint density at radius 3 is 2.37 bits per heavy atom. The summed E-state index contributed by atoms with van der Waals surface area (Å²) in [5, 5.41) is 11.8. The molecule has 1 N–H and O–H groups in total. The quantitative estimate of drug-likeness (QED) is 0.208. The van der Waals surface area contributed by atoms with E-state index >= 15 is 0 Å². The number of Topliss-reactive ketones (excluding diaryl/α,β-unsaturated/α-hetero) is 1. The molecule has 4 rings (SSSR count). The summed E-state index contributed by atoms with van der Waals surface area (Å²) in [7, 11) is 1.57. The van der Waals surface area contributed by atoms with Gasteiger partial charge in [-0.2, -0.15) is 0 Å². The van der Waals surface area contributed by atoms with Crippen molar-refractivity contribution in [3.63, 3.8) is 0 Å². The summed E-state index contributed by atoms with van der Waals surface area (Å²) >= 11 is 6.24. The van der Waals surface area contributed by atoms with Crippen LogP contribution in [0.2, 0.25) is 5.02 Å². The third-order valence-corrected chi connectivity index (χ3v) is 6.94. The Kier molecular flexibility index (Phi) is 7.83. The van der Waals surface area contributed by atoms with E-state index in [1.165, 1.54) is 4.90 Å².